The molecule has 0 saturated heterocycles. The van der Waals surface area contributed by atoms with Gasteiger partial charge in [-0.1, -0.05) is 35.9 Å². The van der Waals surface area contributed by atoms with Gasteiger partial charge in [0.2, 0.25) is 0 Å². The maximum absolute atomic E-state index is 14.2. The van der Waals surface area contributed by atoms with Gasteiger partial charge in [0.1, 0.15) is 23.7 Å². The minimum atomic E-state index is -0.768. The van der Waals surface area contributed by atoms with Gasteiger partial charge < -0.3 is 18.9 Å². The van der Waals surface area contributed by atoms with E-state index >= 15 is 0 Å². The molecular formula is C28H24ClFN2O6. The lowest BCUT2D eigenvalue weighted by Crippen LogP contribution is -2.15. The summed E-state index contributed by atoms with van der Waals surface area (Å²) in [7, 11) is 2.43. The fourth-order valence-electron chi connectivity index (χ4n) is 3.82. The number of halogens is 2. The van der Waals surface area contributed by atoms with Gasteiger partial charge >= 0.3 is 11.9 Å². The van der Waals surface area contributed by atoms with Crippen LogP contribution in [-0.4, -0.2) is 42.5 Å². The van der Waals surface area contributed by atoms with Crippen LogP contribution in [0.1, 0.15) is 33.3 Å². The van der Waals surface area contributed by atoms with E-state index in [1.165, 1.54) is 31.0 Å². The highest BCUT2D eigenvalue weighted by atomic mass is 35.5. The maximum atomic E-state index is 14.2. The molecule has 0 aliphatic heterocycles. The number of nitrogens with zero attached hydrogens (tertiary/aromatic N) is 2. The summed E-state index contributed by atoms with van der Waals surface area (Å²) >= 11 is 6.12. The minimum Gasteiger partial charge on any atom is -0.490 e. The molecule has 0 saturated carbocycles. The van der Waals surface area contributed by atoms with E-state index in [2.05, 4.69) is 5.10 Å². The monoisotopic (exact) mass is 538 g/mol. The van der Waals surface area contributed by atoms with E-state index in [-0.39, 0.29) is 34.1 Å². The van der Waals surface area contributed by atoms with E-state index in [1.807, 2.05) is 6.07 Å². The number of esters is 2. The Kier molecular flexibility index (Phi) is 8.28. The van der Waals surface area contributed by atoms with Gasteiger partial charge in [0.15, 0.2) is 17.2 Å². The van der Waals surface area contributed by atoms with E-state index in [1.54, 1.807) is 55.5 Å². The van der Waals surface area contributed by atoms with Gasteiger partial charge in [-0.3, -0.25) is 0 Å². The third-order valence-electron chi connectivity index (χ3n) is 5.61. The molecule has 4 aromatic rings. The molecule has 0 amide bonds. The summed E-state index contributed by atoms with van der Waals surface area (Å²) in [5.74, 6) is -1.38. The second-order valence-electron chi connectivity index (χ2n) is 7.89. The van der Waals surface area contributed by atoms with Crippen LogP contribution in [0.4, 0.5) is 4.39 Å². The molecule has 0 aliphatic rings. The normalized spacial score (nSPS) is 10.7. The molecule has 10 heteroatoms. The predicted molar refractivity (Wildman–Crippen MR) is 139 cm³/mol. The predicted octanol–water partition coefficient (Wildman–Crippen LogP) is 5.88. The van der Waals surface area contributed by atoms with E-state index in [9.17, 15) is 14.0 Å². The number of benzene rings is 3. The number of carbonyl (C=O) groups is 2. The van der Waals surface area contributed by atoms with Crippen molar-refractivity contribution in [2.45, 2.75) is 13.5 Å². The third-order valence-corrected chi connectivity index (χ3v) is 5.96. The Balaban J connectivity index is 1.83. The summed E-state index contributed by atoms with van der Waals surface area (Å²) in [4.78, 5) is 25.7. The summed E-state index contributed by atoms with van der Waals surface area (Å²) < 4.78 is 37.1. The first-order chi connectivity index (χ1) is 18.4. The standard InChI is InChI=1S/C28H24ClFN2O6/c1-4-37-23-15-17(13-14-22(23)38-16-19-20(29)11-8-12-21(19)30)25-24(27(33)35-2)26(28(34)36-3)32(31-25)18-9-6-5-7-10-18/h5-15H,4,16H2,1-3H3. The van der Waals surface area contributed by atoms with E-state index < -0.39 is 17.8 Å². The second kappa shape index (κ2) is 11.8. The van der Waals surface area contributed by atoms with Crippen LogP contribution >= 0.6 is 11.6 Å². The third kappa shape index (κ3) is 5.33. The van der Waals surface area contributed by atoms with Crippen molar-refractivity contribution in [2.75, 3.05) is 20.8 Å². The Morgan fingerprint density at radius 3 is 2.32 bits per heavy atom. The second-order valence-corrected chi connectivity index (χ2v) is 8.29. The zero-order chi connectivity index (χ0) is 27.2. The number of rotatable bonds is 9. The minimum absolute atomic E-state index is 0.0718. The Morgan fingerprint density at radius 1 is 0.921 bits per heavy atom. The molecule has 8 nitrogen and oxygen atoms in total. The molecule has 0 bridgehead atoms. The lowest BCUT2D eigenvalue weighted by Gasteiger charge is -2.14. The van der Waals surface area contributed by atoms with Crippen molar-refractivity contribution in [2.24, 2.45) is 0 Å². The molecular weight excluding hydrogens is 515 g/mol. The Labute approximate surface area is 223 Å². The number of para-hydroxylation sites is 1. The Hall–Kier alpha value is -4.37. The number of hydrogen-bond acceptors (Lipinski definition) is 7. The van der Waals surface area contributed by atoms with Gasteiger partial charge in [0.05, 0.1) is 31.5 Å². The van der Waals surface area contributed by atoms with E-state index in [4.69, 9.17) is 30.5 Å². The van der Waals surface area contributed by atoms with Crippen molar-refractivity contribution in [3.63, 3.8) is 0 Å². The topological polar surface area (TPSA) is 88.9 Å². The summed E-state index contributed by atoms with van der Waals surface area (Å²) in [5, 5.41) is 4.83. The number of carbonyl (C=O) groups excluding carboxylic acids is 2. The summed E-state index contributed by atoms with van der Waals surface area (Å²) in [6, 6.07) is 18.1. The highest BCUT2D eigenvalue weighted by Gasteiger charge is 2.31. The largest absolute Gasteiger partial charge is 0.490 e. The van der Waals surface area contributed by atoms with E-state index in [0.717, 1.165) is 0 Å². The fraction of sp³-hybridized carbons (Fsp3) is 0.179. The molecule has 0 unspecified atom stereocenters. The highest BCUT2D eigenvalue weighted by Crippen LogP contribution is 2.36. The fourth-order valence-corrected chi connectivity index (χ4v) is 4.04. The van der Waals surface area contributed by atoms with Gasteiger partial charge in [-0.2, -0.15) is 5.10 Å². The first kappa shape index (κ1) is 26.7. The summed E-state index contributed by atoms with van der Waals surface area (Å²) in [5.41, 5.74) is 1.20. The average molecular weight is 539 g/mol. The molecule has 0 atom stereocenters. The molecule has 4 rings (SSSR count). The molecule has 0 spiro atoms. The van der Waals surface area contributed by atoms with Gasteiger partial charge in [0.25, 0.3) is 0 Å². The van der Waals surface area contributed by atoms with Crippen LogP contribution in [0, 0.1) is 5.82 Å². The Morgan fingerprint density at radius 2 is 1.66 bits per heavy atom. The summed E-state index contributed by atoms with van der Waals surface area (Å²) in [6.45, 7) is 1.97. The molecule has 3 aromatic carbocycles. The number of hydrogen-bond donors (Lipinski definition) is 0. The SMILES string of the molecule is CCOc1cc(-c2nn(-c3ccccc3)c(C(=O)OC)c2C(=O)OC)ccc1OCc1c(F)cccc1Cl. The maximum Gasteiger partial charge on any atom is 0.357 e. The smallest absolute Gasteiger partial charge is 0.357 e. The van der Waals surface area contributed by atoms with Gasteiger partial charge in [-0.25, -0.2) is 18.7 Å². The first-order valence-corrected chi connectivity index (χ1v) is 11.9. The molecule has 38 heavy (non-hydrogen) atoms. The van der Waals surface area contributed by atoms with Crippen LogP contribution < -0.4 is 9.47 Å². The van der Waals surface area contributed by atoms with Crippen molar-refractivity contribution < 1.29 is 32.9 Å². The zero-order valence-electron chi connectivity index (χ0n) is 20.9. The van der Waals surface area contributed by atoms with Gasteiger partial charge in [-0.15, -0.1) is 0 Å². The molecule has 196 valence electrons. The van der Waals surface area contributed by atoms with Crippen LogP contribution in [0.3, 0.4) is 0 Å². The van der Waals surface area contributed by atoms with Crippen LogP contribution in [-0.2, 0) is 16.1 Å². The van der Waals surface area contributed by atoms with Crippen LogP contribution in [0.25, 0.3) is 16.9 Å². The van der Waals surface area contributed by atoms with Crippen molar-refractivity contribution in [3.8, 4) is 28.4 Å². The molecule has 1 heterocycles. The quantitative estimate of drug-likeness (QED) is 0.246. The van der Waals surface area contributed by atoms with Crippen molar-refractivity contribution in [3.05, 3.63) is 94.4 Å². The average Bonchev–Trinajstić information content (AvgIpc) is 3.34. The summed E-state index contributed by atoms with van der Waals surface area (Å²) in [6.07, 6.45) is 0. The lowest BCUT2D eigenvalue weighted by molar-refractivity contribution is 0.0549. The van der Waals surface area contributed by atoms with Gasteiger partial charge in [-0.05, 0) is 49.4 Å². The molecule has 0 aliphatic carbocycles. The Bertz CT molecular complexity index is 1450. The number of ether oxygens (including phenoxy) is 4. The van der Waals surface area contributed by atoms with Crippen molar-refractivity contribution in [1.82, 2.24) is 9.78 Å². The molecule has 0 N–H and O–H groups in total. The number of aromatic nitrogens is 2. The first-order valence-electron chi connectivity index (χ1n) is 11.6. The highest BCUT2D eigenvalue weighted by molar-refractivity contribution is 6.31. The van der Waals surface area contributed by atoms with Crippen LogP contribution in [0.5, 0.6) is 11.5 Å². The molecule has 1 aromatic heterocycles. The van der Waals surface area contributed by atoms with Gasteiger partial charge in [0, 0.05) is 11.1 Å². The number of methoxy groups -OCH3 is 2. The zero-order valence-corrected chi connectivity index (χ0v) is 21.6. The molecule has 0 fully saturated rings. The van der Waals surface area contributed by atoms with Crippen LogP contribution in [0.2, 0.25) is 5.02 Å². The lowest BCUT2D eigenvalue weighted by atomic mass is 10.0. The van der Waals surface area contributed by atoms with Crippen molar-refractivity contribution in [1.29, 1.82) is 0 Å². The van der Waals surface area contributed by atoms with E-state index in [0.29, 0.717) is 29.4 Å². The van der Waals surface area contributed by atoms with Crippen molar-refractivity contribution >= 4 is 23.5 Å². The molecule has 0 radical (unpaired) electrons. The van der Waals surface area contributed by atoms with Crippen LogP contribution in [0.15, 0.2) is 66.7 Å².